The first-order chi connectivity index (χ1) is 8.30. The molecule has 0 N–H and O–H groups in total. The van der Waals surface area contributed by atoms with E-state index in [0.29, 0.717) is 24.9 Å². The fourth-order valence-corrected chi connectivity index (χ4v) is 4.34. The number of hydrogen-bond acceptors (Lipinski definition) is 3. The van der Waals surface area contributed by atoms with E-state index in [9.17, 15) is 4.79 Å². The van der Waals surface area contributed by atoms with Crippen LogP contribution in [0.4, 0.5) is 0 Å². The summed E-state index contributed by atoms with van der Waals surface area (Å²) in [6.07, 6.45) is 2.68. The molecule has 0 aromatic heterocycles. The van der Waals surface area contributed by atoms with E-state index in [2.05, 4.69) is 27.7 Å². The van der Waals surface area contributed by atoms with Gasteiger partial charge in [-0.15, -0.1) is 0 Å². The molecule has 0 radical (unpaired) electrons. The lowest BCUT2D eigenvalue weighted by molar-refractivity contribution is -0.280. The van der Waals surface area contributed by atoms with Crippen molar-refractivity contribution < 1.29 is 14.3 Å². The standard InChI is InChI=1S/C15H26O3/c1-6-12-13(3,4)15(17-9-10-18-15)8-7-14(12,5)11(2)16/h12H,6-10H2,1-5H3. The second-order valence-electron chi connectivity index (χ2n) is 6.61. The zero-order valence-electron chi connectivity index (χ0n) is 12.3. The molecule has 1 heterocycles. The SMILES string of the molecule is CCC1C(C)(C(C)=O)CCC2(OCCO2)C1(C)C. The van der Waals surface area contributed by atoms with Gasteiger partial charge in [-0.1, -0.05) is 34.1 Å². The van der Waals surface area contributed by atoms with Crippen molar-refractivity contribution in [2.75, 3.05) is 13.2 Å². The molecule has 2 unspecified atom stereocenters. The number of ether oxygens (including phenoxy) is 2. The van der Waals surface area contributed by atoms with Crippen LogP contribution in [0.5, 0.6) is 0 Å². The van der Waals surface area contributed by atoms with Gasteiger partial charge in [-0.05, 0) is 19.3 Å². The van der Waals surface area contributed by atoms with Crippen molar-refractivity contribution in [3.8, 4) is 0 Å². The van der Waals surface area contributed by atoms with Gasteiger partial charge < -0.3 is 9.47 Å². The Labute approximate surface area is 110 Å². The molecule has 0 amide bonds. The van der Waals surface area contributed by atoms with Crippen LogP contribution in [0.3, 0.4) is 0 Å². The van der Waals surface area contributed by atoms with Crippen molar-refractivity contribution in [2.24, 2.45) is 16.7 Å². The normalized spacial score (nSPS) is 37.9. The van der Waals surface area contributed by atoms with E-state index in [4.69, 9.17) is 9.47 Å². The summed E-state index contributed by atoms with van der Waals surface area (Å²) in [7, 11) is 0. The van der Waals surface area contributed by atoms with Crippen LogP contribution in [0, 0.1) is 16.7 Å². The van der Waals surface area contributed by atoms with Gasteiger partial charge in [0.2, 0.25) is 0 Å². The van der Waals surface area contributed by atoms with Crippen molar-refractivity contribution in [1.29, 1.82) is 0 Å². The lowest BCUT2D eigenvalue weighted by atomic mass is 9.52. The molecule has 0 aromatic rings. The molecule has 3 heteroatoms. The van der Waals surface area contributed by atoms with Gasteiger partial charge in [0.25, 0.3) is 0 Å². The van der Waals surface area contributed by atoms with Crippen molar-refractivity contribution in [1.82, 2.24) is 0 Å². The van der Waals surface area contributed by atoms with Gasteiger partial charge in [0.05, 0.1) is 13.2 Å². The van der Waals surface area contributed by atoms with Crippen molar-refractivity contribution in [2.45, 2.75) is 59.7 Å². The molecule has 1 aliphatic heterocycles. The molecule has 0 aromatic carbocycles. The number of carbonyl (C=O) groups excluding carboxylic acids is 1. The Morgan fingerprint density at radius 3 is 2.17 bits per heavy atom. The lowest BCUT2D eigenvalue weighted by Gasteiger charge is -2.57. The summed E-state index contributed by atoms with van der Waals surface area (Å²) in [5, 5.41) is 0. The highest BCUT2D eigenvalue weighted by Crippen LogP contribution is 2.59. The molecule has 2 atom stereocenters. The summed E-state index contributed by atoms with van der Waals surface area (Å²) in [4.78, 5) is 12.1. The van der Waals surface area contributed by atoms with Crippen LogP contribution in [0.2, 0.25) is 0 Å². The second-order valence-corrected chi connectivity index (χ2v) is 6.61. The Hall–Kier alpha value is -0.410. The van der Waals surface area contributed by atoms with E-state index in [1.807, 2.05) is 0 Å². The summed E-state index contributed by atoms with van der Waals surface area (Å²) in [6.45, 7) is 11.8. The topological polar surface area (TPSA) is 35.5 Å². The van der Waals surface area contributed by atoms with E-state index < -0.39 is 5.79 Å². The largest absolute Gasteiger partial charge is 0.347 e. The van der Waals surface area contributed by atoms with Gasteiger partial charge in [-0.2, -0.15) is 0 Å². The van der Waals surface area contributed by atoms with Gasteiger partial charge in [-0.3, -0.25) is 4.79 Å². The predicted octanol–water partition coefficient (Wildman–Crippen LogP) is 3.17. The molecule has 1 saturated carbocycles. The van der Waals surface area contributed by atoms with Crippen LogP contribution in [0.1, 0.15) is 53.9 Å². The Balaban J connectivity index is 2.40. The monoisotopic (exact) mass is 254 g/mol. The Morgan fingerprint density at radius 1 is 1.17 bits per heavy atom. The zero-order valence-corrected chi connectivity index (χ0v) is 12.3. The molecule has 2 aliphatic rings. The predicted molar refractivity (Wildman–Crippen MR) is 70.2 cm³/mol. The maximum Gasteiger partial charge on any atom is 0.173 e. The summed E-state index contributed by atoms with van der Waals surface area (Å²) >= 11 is 0. The van der Waals surface area contributed by atoms with Gasteiger partial charge in [0.15, 0.2) is 5.79 Å². The van der Waals surface area contributed by atoms with Gasteiger partial charge in [0.1, 0.15) is 5.78 Å². The van der Waals surface area contributed by atoms with Crippen LogP contribution in [0.15, 0.2) is 0 Å². The Morgan fingerprint density at radius 2 is 1.72 bits per heavy atom. The summed E-state index contributed by atoms with van der Waals surface area (Å²) in [5.74, 6) is 0.132. The number of carbonyl (C=O) groups is 1. The molecule has 0 bridgehead atoms. The Bertz CT molecular complexity index is 342. The first kappa shape index (κ1) is 14.0. The van der Waals surface area contributed by atoms with Crippen LogP contribution >= 0.6 is 0 Å². The second kappa shape index (κ2) is 4.31. The Kier molecular flexibility index (Phi) is 3.35. The maximum atomic E-state index is 12.1. The first-order valence-corrected chi connectivity index (χ1v) is 7.09. The molecule has 1 spiro atoms. The fraction of sp³-hybridized carbons (Fsp3) is 0.933. The van der Waals surface area contributed by atoms with Crippen molar-refractivity contribution in [3.05, 3.63) is 0 Å². The van der Waals surface area contributed by atoms with Gasteiger partial charge in [0, 0.05) is 17.3 Å². The zero-order chi connectivity index (χ0) is 13.6. The molecule has 1 saturated heterocycles. The van der Waals surface area contributed by atoms with Crippen LogP contribution < -0.4 is 0 Å². The number of hydrogen-bond donors (Lipinski definition) is 0. The number of Topliss-reactive ketones (excluding diaryl/α,β-unsaturated/α-hetero) is 1. The molecule has 2 rings (SSSR count). The number of ketones is 1. The molecule has 2 fully saturated rings. The highest BCUT2D eigenvalue weighted by Gasteiger charge is 2.62. The summed E-state index contributed by atoms with van der Waals surface area (Å²) in [6, 6.07) is 0. The minimum Gasteiger partial charge on any atom is -0.347 e. The average Bonchev–Trinajstić information content (AvgIpc) is 2.75. The van der Waals surface area contributed by atoms with E-state index >= 15 is 0 Å². The molecule has 18 heavy (non-hydrogen) atoms. The third-order valence-electron chi connectivity index (χ3n) is 5.56. The van der Waals surface area contributed by atoms with E-state index in [1.54, 1.807) is 6.92 Å². The fourth-order valence-electron chi connectivity index (χ4n) is 4.34. The molecular formula is C15H26O3. The number of rotatable bonds is 2. The minimum absolute atomic E-state index is 0.128. The van der Waals surface area contributed by atoms with Gasteiger partial charge in [-0.25, -0.2) is 0 Å². The molecule has 1 aliphatic carbocycles. The van der Waals surface area contributed by atoms with E-state index in [1.165, 1.54) is 0 Å². The minimum atomic E-state index is -0.470. The van der Waals surface area contributed by atoms with Crippen LogP contribution in [-0.2, 0) is 14.3 Å². The lowest BCUT2D eigenvalue weighted by Crippen LogP contribution is -2.60. The average molecular weight is 254 g/mol. The highest BCUT2D eigenvalue weighted by molar-refractivity contribution is 5.82. The van der Waals surface area contributed by atoms with Crippen molar-refractivity contribution >= 4 is 5.78 Å². The first-order valence-electron chi connectivity index (χ1n) is 7.09. The molecule has 3 nitrogen and oxygen atoms in total. The summed E-state index contributed by atoms with van der Waals surface area (Å²) < 4.78 is 11.9. The maximum absolute atomic E-state index is 12.1. The van der Waals surface area contributed by atoms with E-state index in [0.717, 1.165) is 19.3 Å². The smallest absolute Gasteiger partial charge is 0.173 e. The van der Waals surface area contributed by atoms with Crippen LogP contribution in [-0.4, -0.2) is 24.8 Å². The van der Waals surface area contributed by atoms with Crippen LogP contribution in [0.25, 0.3) is 0 Å². The van der Waals surface area contributed by atoms with Crippen molar-refractivity contribution in [3.63, 3.8) is 0 Å². The third kappa shape index (κ3) is 1.67. The summed E-state index contributed by atoms with van der Waals surface area (Å²) in [5.41, 5.74) is -0.365. The quantitative estimate of drug-likeness (QED) is 0.759. The van der Waals surface area contributed by atoms with Gasteiger partial charge >= 0.3 is 0 Å². The van der Waals surface area contributed by atoms with E-state index in [-0.39, 0.29) is 10.8 Å². The molecule has 104 valence electrons. The highest BCUT2D eigenvalue weighted by atomic mass is 16.7. The third-order valence-corrected chi connectivity index (χ3v) is 5.56. The molecular weight excluding hydrogens is 228 g/mol.